The number of hydrogen-bond donors (Lipinski definition) is 1. The Hall–Kier alpha value is -1.85. The summed E-state index contributed by atoms with van der Waals surface area (Å²) in [6.45, 7) is 2.38. The van der Waals surface area contributed by atoms with Crippen LogP contribution < -0.4 is 5.73 Å². The Bertz CT molecular complexity index is 692. The van der Waals surface area contributed by atoms with E-state index in [0.717, 1.165) is 16.7 Å². The number of rotatable bonds is 5. The van der Waals surface area contributed by atoms with Crippen molar-refractivity contribution in [2.45, 2.75) is 19.2 Å². The molecule has 0 bridgehead atoms. The predicted octanol–water partition coefficient (Wildman–Crippen LogP) is 2.54. The molecule has 0 amide bonds. The molecular weight excluding hydrogens is 284 g/mol. The lowest BCUT2D eigenvalue weighted by atomic mass is 10.1. The van der Waals surface area contributed by atoms with Crippen molar-refractivity contribution in [3.05, 3.63) is 65.2 Å². The molecular formula is C16H20N2O2S. The molecule has 2 aromatic rings. The van der Waals surface area contributed by atoms with Crippen LogP contribution >= 0.6 is 0 Å². The Kier molecular flexibility index (Phi) is 4.65. The Balaban J connectivity index is 2.07. The highest BCUT2D eigenvalue weighted by Gasteiger charge is 2.18. The zero-order chi connectivity index (χ0) is 15.5. The minimum Gasteiger partial charge on any atom is -0.399 e. The van der Waals surface area contributed by atoms with E-state index < -0.39 is 10.0 Å². The van der Waals surface area contributed by atoms with Gasteiger partial charge in [0.15, 0.2) is 0 Å². The van der Waals surface area contributed by atoms with Crippen molar-refractivity contribution in [1.29, 1.82) is 0 Å². The number of nitrogen functional groups attached to an aromatic ring is 1. The summed E-state index contributed by atoms with van der Waals surface area (Å²) in [7, 11) is -1.74. The average Bonchev–Trinajstić information content (AvgIpc) is 2.43. The van der Waals surface area contributed by atoms with Crippen molar-refractivity contribution in [3.8, 4) is 0 Å². The molecule has 0 unspecified atom stereocenters. The van der Waals surface area contributed by atoms with Crippen LogP contribution in [0.15, 0.2) is 48.5 Å². The number of aryl methyl sites for hydroxylation is 1. The van der Waals surface area contributed by atoms with Crippen molar-refractivity contribution < 1.29 is 8.42 Å². The van der Waals surface area contributed by atoms with Crippen LogP contribution in [0.5, 0.6) is 0 Å². The van der Waals surface area contributed by atoms with Crippen LogP contribution in [0.3, 0.4) is 0 Å². The monoisotopic (exact) mass is 304 g/mol. The Morgan fingerprint density at radius 2 is 1.48 bits per heavy atom. The van der Waals surface area contributed by atoms with Crippen LogP contribution in [0, 0.1) is 6.92 Å². The van der Waals surface area contributed by atoms with E-state index in [4.69, 9.17) is 5.73 Å². The summed E-state index contributed by atoms with van der Waals surface area (Å²) >= 11 is 0. The van der Waals surface area contributed by atoms with E-state index in [1.54, 1.807) is 31.3 Å². The van der Waals surface area contributed by atoms with E-state index >= 15 is 0 Å². The molecule has 0 aliphatic carbocycles. The van der Waals surface area contributed by atoms with E-state index in [0.29, 0.717) is 12.2 Å². The summed E-state index contributed by atoms with van der Waals surface area (Å²) in [6, 6.07) is 14.8. The minimum atomic E-state index is -3.34. The second-order valence-electron chi connectivity index (χ2n) is 5.24. The normalized spacial score (nSPS) is 11.8. The Labute approximate surface area is 126 Å². The lowest BCUT2D eigenvalue weighted by Gasteiger charge is -2.17. The van der Waals surface area contributed by atoms with Crippen molar-refractivity contribution in [2.24, 2.45) is 0 Å². The summed E-state index contributed by atoms with van der Waals surface area (Å²) in [5.74, 6) is -0.0182. The molecule has 2 N–H and O–H groups in total. The highest BCUT2D eigenvalue weighted by atomic mass is 32.2. The summed E-state index contributed by atoms with van der Waals surface area (Å²) in [4.78, 5) is 0. The van der Waals surface area contributed by atoms with Crippen molar-refractivity contribution in [1.82, 2.24) is 4.31 Å². The molecule has 0 atom stereocenters. The Morgan fingerprint density at radius 1 is 0.952 bits per heavy atom. The standard InChI is InChI=1S/C16H20N2O2S/c1-13-3-5-14(6-4-13)11-18(2)21(19,20)12-15-7-9-16(17)10-8-15/h3-10H,11-12,17H2,1-2H3. The molecule has 2 aromatic carbocycles. The van der Waals surface area contributed by atoms with Crippen LogP contribution in [0.2, 0.25) is 0 Å². The van der Waals surface area contributed by atoms with Crippen LogP contribution in [0.4, 0.5) is 5.69 Å². The van der Waals surface area contributed by atoms with Crippen LogP contribution in [-0.4, -0.2) is 19.8 Å². The minimum absolute atomic E-state index is 0.0182. The fourth-order valence-electron chi connectivity index (χ4n) is 1.98. The summed E-state index contributed by atoms with van der Waals surface area (Å²) in [6.07, 6.45) is 0. The van der Waals surface area contributed by atoms with Gasteiger partial charge >= 0.3 is 0 Å². The van der Waals surface area contributed by atoms with E-state index in [-0.39, 0.29) is 5.75 Å². The highest BCUT2D eigenvalue weighted by Crippen LogP contribution is 2.14. The predicted molar refractivity (Wildman–Crippen MR) is 86.1 cm³/mol. The molecule has 4 nitrogen and oxygen atoms in total. The fraction of sp³-hybridized carbons (Fsp3) is 0.250. The summed E-state index contributed by atoms with van der Waals surface area (Å²) in [5.41, 5.74) is 9.10. The van der Waals surface area contributed by atoms with E-state index in [1.807, 2.05) is 31.2 Å². The van der Waals surface area contributed by atoms with Gasteiger partial charge in [0.05, 0.1) is 5.75 Å². The molecule has 0 saturated heterocycles. The lowest BCUT2D eigenvalue weighted by molar-refractivity contribution is 0.466. The maximum atomic E-state index is 12.4. The third kappa shape index (κ3) is 4.31. The zero-order valence-electron chi connectivity index (χ0n) is 12.3. The molecule has 2 rings (SSSR count). The van der Waals surface area contributed by atoms with Gasteiger partial charge in [0.2, 0.25) is 10.0 Å². The number of benzene rings is 2. The quantitative estimate of drug-likeness (QED) is 0.863. The van der Waals surface area contributed by atoms with Crippen molar-refractivity contribution >= 4 is 15.7 Å². The molecule has 21 heavy (non-hydrogen) atoms. The van der Waals surface area contributed by atoms with Gasteiger partial charge in [-0.2, -0.15) is 0 Å². The van der Waals surface area contributed by atoms with Crippen LogP contribution in [0.1, 0.15) is 16.7 Å². The first kappa shape index (κ1) is 15.5. The molecule has 0 aliphatic rings. The van der Waals surface area contributed by atoms with E-state index in [9.17, 15) is 8.42 Å². The van der Waals surface area contributed by atoms with Gasteiger partial charge in [-0.1, -0.05) is 42.0 Å². The molecule has 0 spiro atoms. The van der Waals surface area contributed by atoms with Gasteiger partial charge in [-0.15, -0.1) is 0 Å². The van der Waals surface area contributed by atoms with Gasteiger partial charge in [-0.05, 0) is 30.2 Å². The third-order valence-electron chi connectivity index (χ3n) is 3.33. The van der Waals surface area contributed by atoms with Gasteiger partial charge in [-0.3, -0.25) is 0 Å². The number of nitrogens with zero attached hydrogens (tertiary/aromatic N) is 1. The first-order valence-electron chi connectivity index (χ1n) is 6.71. The first-order chi connectivity index (χ1) is 9.87. The molecule has 112 valence electrons. The van der Waals surface area contributed by atoms with Crippen molar-refractivity contribution in [2.75, 3.05) is 12.8 Å². The van der Waals surface area contributed by atoms with Crippen LogP contribution in [0.25, 0.3) is 0 Å². The molecule has 0 radical (unpaired) electrons. The van der Waals surface area contributed by atoms with Gasteiger partial charge in [-0.25, -0.2) is 12.7 Å². The lowest BCUT2D eigenvalue weighted by Crippen LogP contribution is -2.27. The maximum Gasteiger partial charge on any atom is 0.218 e. The second kappa shape index (κ2) is 6.28. The number of nitrogens with two attached hydrogens (primary N) is 1. The molecule has 0 fully saturated rings. The van der Waals surface area contributed by atoms with Crippen molar-refractivity contribution in [3.63, 3.8) is 0 Å². The Morgan fingerprint density at radius 3 is 2.05 bits per heavy atom. The number of anilines is 1. The molecule has 0 aromatic heterocycles. The van der Waals surface area contributed by atoms with Gasteiger partial charge < -0.3 is 5.73 Å². The van der Waals surface area contributed by atoms with Gasteiger partial charge in [0.25, 0.3) is 0 Å². The highest BCUT2D eigenvalue weighted by molar-refractivity contribution is 7.88. The van der Waals surface area contributed by atoms with Crippen LogP contribution in [-0.2, 0) is 22.3 Å². The molecule has 0 heterocycles. The topological polar surface area (TPSA) is 63.4 Å². The summed E-state index contributed by atoms with van der Waals surface area (Å²) < 4.78 is 26.1. The van der Waals surface area contributed by atoms with Gasteiger partial charge in [0.1, 0.15) is 0 Å². The molecule has 5 heteroatoms. The van der Waals surface area contributed by atoms with Gasteiger partial charge in [0, 0.05) is 19.3 Å². The smallest absolute Gasteiger partial charge is 0.218 e. The number of hydrogen-bond acceptors (Lipinski definition) is 3. The second-order valence-corrected chi connectivity index (χ2v) is 7.32. The third-order valence-corrected chi connectivity index (χ3v) is 5.11. The molecule has 0 saturated carbocycles. The number of sulfonamides is 1. The SMILES string of the molecule is Cc1ccc(CN(C)S(=O)(=O)Cc2ccc(N)cc2)cc1. The largest absolute Gasteiger partial charge is 0.399 e. The summed E-state index contributed by atoms with van der Waals surface area (Å²) in [5, 5.41) is 0. The van der Waals surface area contributed by atoms with E-state index in [2.05, 4.69) is 0 Å². The fourth-order valence-corrected chi connectivity index (χ4v) is 3.16. The first-order valence-corrected chi connectivity index (χ1v) is 8.32. The molecule has 0 aliphatic heterocycles. The zero-order valence-corrected chi connectivity index (χ0v) is 13.1. The average molecular weight is 304 g/mol. The van der Waals surface area contributed by atoms with E-state index in [1.165, 1.54) is 4.31 Å². The maximum absolute atomic E-state index is 12.4.